The molecule has 0 saturated carbocycles. The molecule has 0 aliphatic carbocycles. The molecule has 0 radical (unpaired) electrons. The van der Waals surface area contributed by atoms with Crippen LogP contribution in [0.2, 0.25) is 10.2 Å². The number of rotatable bonds is 4. The summed E-state index contributed by atoms with van der Waals surface area (Å²) in [5.41, 5.74) is 3.79. The van der Waals surface area contributed by atoms with Gasteiger partial charge in [-0.1, -0.05) is 35.3 Å². The fraction of sp³-hybridized carbons (Fsp3) is 0.192. The van der Waals surface area contributed by atoms with Gasteiger partial charge in [-0.3, -0.25) is 9.78 Å². The molecule has 7 heteroatoms. The third kappa shape index (κ3) is 4.80. The summed E-state index contributed by atoms with van der Waals surface area (Å²) in [6.07, 6.45) is 6.98. The molecule has 2 aromatic heterocycles. The van der Waals surface area contributed by atoms with Gasteiger partial charge in [-0.15, -0.1) is 0 Å². The molecule has 33 heavy (non-hydrogen) atoms. The third-order valence-electron chi connectivity index (χ3n) is 6.03. The highest BCUT2D eigenvalue weighted by molar-refractivity contribution is 6.31. The number of likely N-dealkylation sites (tertiary alicyclic amines) is 1. The maximum Gasteiger partial charge on any atom is 0.254 e. The number of carbonyl (C=O) groups excluding carboxylic acids is 1. The summed E-state index contributed by atoms with van der Waals surface area (Å²) in [5, 5.41) is 6.95. The van der Waals surface area contributed by atoms with E-state index in [0.29, 0.717) is 28.8 Å². The maximum atomic E-state index is 12.8. The van der Waals surface area contributed by atoms with E-state index < -0.39 is 0 Å². The molecule has 5 rings (SSSR count). The van der Waals surface area contributed by atoms with Gasteiger partial charge in [-0.25, -0.2) is 4.98 Å². The molecule has 5 nitrogen and oxygen atoms in total. The van der Waals surface area contributed by atoms with Gasteiger partial charge >= 0.3 is 0 Å². The van der Waals surface area contributed by atoms with E-state index in [0.717, 1.165) is 40.4 Å². The minimum atomic E-state index is -0.00430. The Labute approximate surface area is 202 Å². The van der Waals surface area contributed by atoms with Crippen LogP contribution in [0, 0.1) is 0 Å². The molecule has 4 aromatic rings. The molecule has 166 valence electrons. The Balaban J connectivity index is 1.35. The van der Waals surface area contributed by atoms with Gasteiger partial charge in [0.2, 0.25) is 0 Å². The van der Waals surface area contributed by atoms with Gasteiger partial charge in [0.1, 0.15) is 5.15 Å². The van der Waals surface area contributed by atoms with Crippen molar-refractivity contribution >= 4 is 45.6 Å². The Bertz CT molecular complexity index is 1320. The van der Waals surface area contributed by atoms with E-state index in [2.05, 4.69) is 33.5 Å². The second kappa shape index (κ2) is 9.38. The molecule has 1 amide bonds. The summed E-state index contributed by atoms with van der Waals surface area (Å²) in [6.45, 7) is 1.36. The molecule has 1 aliphatic heterocycles. The monoisotopic (exact) mass is 476 g/mol. The standard InChI is InChI=1S/C26H22Cl2N4O/c27-21-3-1-2-17(13-21)20-12-18-4-8-29-16-23(18)24(14-20)31-22-6-10-32(11-7-22)26(33)19-5-9-30-25(28)15-19/h1-5,8-9,12-16,22,31H,6-7,10-11H2. The van der Waals surface area contributed by atoms with Crippen LogP contribution in [-0.2, 0) is 0 Å². The maximum absolute atomic E-state index is 12.8. The minimum absolute atomic E-state index is 0.00430. The molecule has 0 spiro atoms. The summed E-state index contributed by atoms with van der Waals surface area (Å²) in [4.78, 5) is 23.0. The number of piperidine rings is 1. The van der Waals surface area contributed by atoms with Crippen molar-refractivity contribution in [3.8, 4) is 11.1 Å². The second-order valence-electron chi connectivity index (χ2n) is 8.21. The Kier molecular flexibility index (Phi) is 6.16. The summed E-state index contributed by atoms with van der Waals surface area (Å²) < 4.78 is 0. The summed E-state index contributed by atoms with van der Waals surface area (Å²) in [7, 11) is 0. The van der Waals surface area contributed by atoms with Crippen molar-refractivity contribution in [1.82, 2.24) is 14.9 Å². The van der Waals surface area contributed by atoms with Crippen LogP contribution in [0.15, 0.2) is 73.2 Å². The van der Waals surface area contributed by atoms with Gasteiger partial charge < -0.3 is 10.2 Å². The molecule has 0 bridgehead atoms. The topological polar surface area (TPSA) is 58.1 Å². The third-order valence-corrected chi connectivity index (χ3v) is 6.47. The minimum Gasteiger partial charge on any atom is -0.382 e. The first-order valence-electron chi connectivity index (χ1n) is 10.9. The molecular weight excluding hydrogens is 455 g/mol. The van der Waals surface area contributed by atoms with Crippen LogP contribution >= 0.6 is 23.2 Å². The Morgan fingerprint density at radius 1 is 0.970 bits per heavy atom. The van der Waals surface area contributed by atoms with Crippen LogP contribution in [0.5, 0.6) is 0 Å². The van der Waals surface area contributed by atoms with Crippen molar-refractivity contribution in [1.29, 1.82) is 0 Å². The van der Waals surface area contributed by atoms with Crippen LogP contribution in [0.4, 0.5) is 5.69 Å². The van der Waals surface area contributed by atoms with Crippen LogP contribution in [0.25, 0.3) is 21.9 Å². The number of carbonyl (C=O) groups is 1. The van der Waals surface area contributed by atoms with Gasteiger partial charge in [0.25, 0.3) is 5.91 Å². The Hall–Kier alpha value is -3.15. The van der Waals surface area contributed by atoms with E-state index in [-0.39, 0.29) is 11.9 Å². The highest BCUT2D eigenvalue weighted by Gasteiger charge is 2.24. The molecule has 1 saturated heterocycles. The predicted octanol–water partition coefficient (Wildman–Crippen LogP) is 6.32. The summed E-state index contributed by atoms with van der Waals surface area (Å²) >= 11 is 12.2. The number of anilines is 1. The molecule has 3 heterocycles. The van der Waals surface area contributed by atoms with Crippen molar-refractivity contribution in [2.24, 2.45) is 0 Å². The first-order chi connectivity index (χ1) is 16.1. The highest BCUT2D eigenvalue weighted by Crippen LogP contribution is 2.33. The SMILES string of the molecule is O=C(c1ccnc(Cl)c1)N1CCC(Nc2cc(-c3cccc(Cl)c3)cc3ccncc23)CC1. The van der Waals surface area contributed by atoms with Crippen molar-refractivity contribution < 1.29 is 4.79 Å². The molecule has 0 atom stereocenters. The smallest absolute Gasteiger partial charge is 0.254 e. The zero-order valence-corrected chi connectivity index (χ0v) is 19.4. The number of pyridine rings is 2. The average molecular weight is 477 g/mol. The Morgan fingerprint density at radius 3 is 2.61 bits per heavy atom. The van der Waals surface area contributed by atoms with Crippen molar-refractivity contribution in [2.75, 3.05) is 18.4 Å². The van der Waals surface area contributed by atoms with E-state index in [1.807, 2.05) is 41.6 Å². The highest BCUT2D eigenvalue weighted by atomic mass is 35.5. The van der Waals surface area contributed by atoms with Crippen LogP contribution < -0.4 is 5.32 Å². The zero-order valence-electron chi connectivity index (χ0n) is 17.8. The molecule has 1 fully saturated rings. The van der Waals surface area contributed by atoms with E-state index in [9.17, 15) is 4.79 Å². The fourth-order valence-electron chi connectivity index (χ4n) is 4.32. The normalized spacial score (nSPS) is 14.4. The van der Waals surface area contributed by atoms with Crippen molar-refractivity contribution in [3.05, 3.63) is 88.9 Å². The zero-order chi connectivity index (χ0) is 22.8. The van der Waals surface area contributed by atoms with E-state index >= 15 is 0 Å². The lowest BCUT2D eigenvalue weighted by molar-refractivity contribution is 0.0718. The number of nitrogens with zero attached hydrogens (tertiary/aromatic N) is 3. The molecule has 2 aromatic carbocycles. The van der Waals surface area contributed by atoms with E-state index in [1.165, 1.54) is 0 Å². The number of halogens is 2. The number of hydrogen-bond acceptors (Lipinski definition) is 4. The number of hydrogen-bond donors (Lipinski definition) is 1. The lowest BCUT2D eigenvalue weighted by Crippen LogP contribution is -2.42. The van der Waals surface area contributed by atoms with E-state index in [4.69, 9.17) is 23.2 Å². The number of fused-ring (bicyclic) bond motifs is 1. The van der Waals surface area contributed by atoms with Crippen LogP contribution in [-0.4, -0.2) is 39.9 Å². The van der Waals surface area contributed by atoms with Crippen LogP contribution in [0.1, 0.15) is 23.2 Å². The lowest BCUT2D eigenvalue weighted by Gasteiger charge is -2.33. The molecule has 0 unspecified atom stereocenters. The fourth-order valence-corrected chi connectivity index (χ4v) is 4.68. The number of amides is 1. The predicted molar refractivity (Wildman–Crippen MR) is 134 cm³/mol. The average Bonchev–Trinajstić information content (AvgIpc) is 2.84. The quantitative estimate of drug-likeness (QED) is 0.350. The van der Waals surface area contributed by atoms with Crippen molar-refractivity contribution in [2.45, 2.75) is 18.9 Å². The first kappa shape index (κ1) is 21.7. The largest absolute Gasteiger partial charge is 0.382 e. The van der Waals surface area contributed by atoms with Crippen LogP contribution in [0.3, 0.4) is 0 Å². The summed E-state index contributed by atoms with van der Waals surface area (Å²) in [6, 6.07) is 17.8. The van der Waals surface area contributed by atoms with Crippen molar-refractivity contribution in [3.63, 3.8) is 0 Å². The number of aromatic nitrogens is 2. The molecule has 1 N–H and O–H groups in total. The van der Waals surface area contributed by atoms with Gasteiger partial charge in [-0.05, 0) is 71.8 Å². The van der Waals surface area contributed by atoms with Gasteiger partial charge in [0.15, 0.2) is 0 Å². The molecule has 1 aliphatic rings. The van der Waals surface area contributed by atoms with Gasteiger partial charge in [0.05, 0.1) is 0 Å². The Morgan fingerprint density at radius 2 is 1.82 bits per heavy atom. The summed E-state index contributed by atoms with van der Waals surface area (Å²) in [5.74, 6) is -0.00430. The van der Waals surface area contributed by atoms with E-state index in [1.54, 1.807) is 18.3 Å². The number of nitrogens with one attached hydrogen (secondary N) is 1. The second-order valence-corrected chi connectivity index (χ2v) is 9.03. The first-order valence-corrected chi connectivity index (χ1v) is 11.6. The number of benzene rings is 2. The van der Waals surface area contributed by atoms with Gasteiger partial charge in [0, 0.05) is 59.4 Å². The lowest BCUT2D eigenvalue weighted by atomic mass is 9.99. The van der Waals surface area contributed by atoms with Gasteiger partial charge in [-0.2, -0.15) is 0 Å². The molecular formula is C26H22Cl2N4O.